The molecular formula is C13H23N5. The third kappa shape index (κ3) is 3.32. The van der Waals surface area contributed by atoms with Gasteiger partial charge in [-0.05, 0) is 46.8 Å². The van der Waals surface area contributed by atoms with E-state index >= 15 is 0 Å². The lowest BCUT2D eigenvalue weighted by atomic mass is 10.1. The summed E-state index contributed by atoms with van der Waals surface area (Å²) in [5.41, 5.74) is 1.11. The van der Waals surface area contributed by atoms with Gasteiger partial charge in [-0.3, -0.25) is 0 Å². The van der Waals surface area contributed by atoms with Crippen LogP contribution in [0.2, 0.25) is 0 Å². The average molecular weight is 249 g/mol. The van der Waals surface area contributed by atoms with Crippen LogP contribution in [-0.2, 0) is 0 Å². The van der Waals surface area contributed by atoms with Gasteiger partial charge in [-0.1, -0.05) is 0 Å². The Morgan fingerprint density at radius 1 is 1.39 bits per heavy atom. The lowest BCUT2D eigenvalue weighted by Gasteiger charge is -2.30. The van der Waals surface area contributed by atoms with E-state index in [1.807, 2.05) is 20.0 Å². The second-order valence-corrected chi connectivity index (χ2v) is 4.98. The summed E-state index contributed by atoms with van der Waals surface area (Å²) >= 11 is 0. The van der Waals surface area contributed by atoms with Gasteiger partial charge in [-0.25, -0.2) is 4.98 Å². The van der Waals surface area contributed by atoms with Crippen molar-refractivity contribution in [1.82, 2.24) is 14.9 Å². The molecule has 0 saturated carbocycles. The quantitative estimate of drug-likeness (QED) is 0.851. The first-order chi connectivity index (χ1) is 8.69. The van der Waals surface area contributed by atoms with Crippen LogP contribution in [0.5, 0.6) is 0 Å². The lowest BCUT2D eigenvalue weighted by molar-refractivity contribution is 0.263. The Kier molecular flexibility index (Phi) is 4.36. The highest BCUT2D eigenvalue weighted by molar-refractivity contribution is 5.47. The minimum atomic E-state index is 0.532. The Labute approximate surface area is 109 Å². The molecule has 0 amide bonds. The molecule has 0 aromatic carbocycles. The molecule has 0 aliphatic carbocycles. The molecule has 2 N–H and O–H groups in total. The Morgan fingerprint density at radius 3 is 2.78 bits per heavy atom. The minimum absolute atomic E-state index is 0.532. The summed E-state index contributed by atoms with van der Waals surface area (Å²) in [4.78, 5) is 11.2. The molecule has 1 aromatic rings. The van der Waals surface area contributed by atoms with Crippen molar-refractivity contribution in [3.63, 3.8) is 0 Å². The van der Waals surface area contributed by atoms with Crippen LogP contribution in [0, 0.1) is 6.92 Å². The van der Waals surface area contributed by atoms with E-state index in [1.165, 1.54) is 12.8 Å². The highest BCUT2D eigenvalue weighted by Gasteiger charge is 2.17. The molecule has 1 aliphatic rings. The van der Waals surface area contributed by atoms with E-state index in [4.69, 9.17) is 0 Å². The summed E-state index contributed by atoms with van der Waals surface area (Å²) in [6, 6.07) is 0.532. The highest BCUT2D eigenvalue weighted by Crippen LogP contribution is 2.18. The number of hydrogen-bond acceptors (Lipinski definition) is 5. The van der Waals surface area contributed by atoms with Crippen molar-refractivity contribution < 1.29 is 0 Å². The van der Waals surface area contributed by atoms with E-state index in [9.17, 15) is 0 Å². The summed E-state index contributed by atoms with van der Waals surface area (Å²) < 4.78 is 0. The zero-order valence-corrected chi connectivity index (χ0v) is 11.5. The van der Waals surface area contributed by atoms with E-state index in [0.29, 0.717) is 12.0 Å². The van der Waals surface area contributed by atoms with Crippen molar-refractivity contribution >= 4 is 11.8 Å². The molecule has 2 rings (SSSR count). The van der Waals surface area contributed by atoms with E-state index in [2.05, 4.69) is 32.5 Å². The second-order valence-electron chi connectivity index (χ2n) is 4.98. The Bertz CT molecular complexity index is 385. The van der Waals surface area contributed by atoms with Crippen molar-refractivity contribution in [2.75, 3.05) is 37.3 Å². The highest BCUT2D eigenvalue weighted by atomic mass is 15.2. The first-order valence-electron chi connectivity index (χ1n) is 6.71. The van der Waals surface area contributed by atoms with Crippen LogP contribution in [0.3, 0.4) is 0 Å². The summed E-state index contributed by atoms with van der Waals surface area (Å²) in [6.07, 6.45) is 4.23. The minimum Gasteiger partial charge on any atom is -0.367 e. The molecule has 0 spiro atoms. The molecule has 5 nitrogen and oxygen atoms in total. The maximum Gasteiger partial charge on any atom is 0.224 e. The summed E-state index contributed by atoms with van der Waals surface area (Å²) in [5, 5.41) is 6.70. The van der Waals surface area contributed by atoms with Gasteiger partial charge in [0.15, 0.2) is 0 Å². The summed E-state index contributed by atoms with van der Waals surface area (Å²) in [6.45, 7) is 7.25. The van der Waals surface area contributed by atoms with Crippen LogP contribution in [-0.4, -0.2) is 47.6 Å². The van der Waals surface area contributed by atoms with Crippen molar-refractivity contribution in [1.29, 1.82) is 0 Å². The molecular weight excluding hydrogens is 226 g/mol. The van der Waals surface area contributed by atoms with Crippen molar-refractivity contribution in [2.45, 2.75) is 32.7 Å². The van der Waals surface area contributed by atoms with Gasteiger partial charge >= 0.3 is 0 Å². The Morgan fingerprint density at radius 2 is 2.11 bits per heavy atom. The third-order valence-electron chi connectivity index (χ3n) is 3.37. The fourth-order valence-electron chi connectivity index (χ4n) is 2.18. The van der Waals surface area contributed by atoms with Gasteiger partial charge in [-0.2, -0.15) is 4.98 Å². The monoisotopic (exact) mass is 249 g/mol. The van der Waals surface area contributed by atoms with Crippen LogP contribution < -0.4 is 10.6 Å². The maximum absolute atomic E-state index is 4.53. The molecule has 1 aromatic heterocycles. The van der Waals surface area contributed by atoms with Gasteiger partial charge in [0.2, 0.25) is 5.95 Å². The van der Waals surface area contributed by atoms with E-state index in [0.717, 1.165) is 31.0 Å². The fourth-order valence-corrected chi connectivity index (χ4v) is 2.18. The zero-order chi connectivity index (χ0) is 13.0. The van der Waals surface area contributed by atoms with Gasteiger partial charge < -0.3 is 15.5 Å². The third-order valence-corrected chi connectivity index (χ3v) is 3.37. The molecule has 1 fully saturated rings. The number of piperidine rings is 1. The van der Waals surface area contributed by atoms with Gasteiger partial charge in [0, 0.05) is 24.3 Å². The number of likely N-dealkylation sites (tertiary alicyclic amines) is 1. The predicted molar refractivity (Wildman–Crippen MR) is 75.1 cm³/mol. The molecule has 18 heavy (non-hydrogen) atoms. The topological polar surface area (TPSA) is 53.1 Å². The number of nitrogens with zero attached hydrogens (tertiary/aromatic N) is 3. The number of aryl methyl sites for hydroxylation is 1. The molecule has 0 radical (unpaired) electrons. The van der Waals surface area contributed by atoms with Crippen LogP contribution in [0.15, 0.2) is 6.20 Å². The van der Waals surface area contributed by atoms with Gasteiger partial charge in [0.25, 0.3) is 0 Å². The lowest BCUT2D eigenvalue weighted by Crippen LogP contribution is -2.37. The predicted octanol–water partition coefficient (Wildman–Crippen LogP) is 1.72. The van der Waals surface area contributed by atoms with Crippen LogP contribution in [0.1, 0.15) is 25.3 Å². The largest absolute Gasteiger partial charge is 0.367 e. The van der Waals surface area contributed by atoms with Gasteiger partial charge in [0.05, 0.1) is 0 Å². The summed E-state index contributed by atoms with van der Waals surface area (Å²) in [5.74, 6) is 1.68. The fraction of sp³-hybridized carbons (Fsp3) is 0.692. The van der Waals surface area contributed by atoms with Crippen LogP contribution in [0.25, 0.3) is 0 Å². The number of hydrogen-bond donors (Lipinski definition) is 2. The average Bonchev–Trinajstić information content (AvgIpc) is 2.36. The standard InChI is InChI=1S/C13H23N5/c1-4-14-13-15-9-10(2)12(17-13)16-11-5-7-18(3)8-6-11/h9,11H,4-8H2,1-3H3,(H2,14,15,16,17). The smallest absolute Gasteiger partial charge is 0.224 e. The van der Waals surface area contributed by atoms with Crippen molar-refractivity contribution in [3.8, 4) is 0 Å². The van der Waals surface area contributed by atoms with E-state index in [-0.39, 0.29) is 0 Å². The number of nitrogens with one attached hydrogen (secondary N) is 2. The number of aromatic nitrogens is 2. The second kappa shape index (κ2) is 6.00. The van der Waals surface area contributed by atoms with Gasteiger partial charge in [0.1, 0.15) is 5.82 Å². The molecule has 0 atom stereocenters. The Balaban J connectivity index is 2.01. The molecule has 100 valence electrons. The number of rotatable bonds is 4. The van der Waals surface area contributed by atoms with Crippen molar-refractivity contribution in [2.24, 2.45) is 0 Å². The zero-order valence-electron chi connectivity index (χ0n) is 11.5. The normalized spacial score (nSPS) is 17.7. The van der Waals surface area contributed by atoms with Crippen molar-refractivity contribution in [3.05, 3.63) is 11.8 Å². The van der Waals surface area contributed by atoms with Gasteiger partial charge in [-0.15, -0.1) is 0 Å². The molecule has 5 heteroatoms. The Hall–Kier alpha value is -1.36. The van der Waals surface area contributed by atoms with Crippen LogP contribution in [0.4, 0.5) is 11.8 Å². The SMILES string of the molecule is CCNc1ncc(C)c(NC2CCN(C)CC2)n1. The maximum atomic E-state index is 4.53. The molecule has 1 aliphatic heterocycles. The van der Waals surface area contributed by atoms with E-state index in [1.54, 1.807) is 0 Å². The molecule has 2 heterocycles. The number of anilines is 2. The molecule has 0 bridgehead atoms. The summed E-state index contributed by atoms with van der Waals surface area (Å²) in [7, 11) is 2.18. The van der Waals surface area contributed by atoms with E-state index < -0.39 is 0 Å². The van der Waals surface area contributed by atoms with Crippen LogP contribution >= 0.6 is 0 Å². The molecule has 0 unspecified atom stereocenters. The first-order valence-corrected chi connectivity index (χ1v) is 6.71. The molecule has 1 saturated heterocycles. The first kappa shape index (κ1) is 13.1.